The third kappa shape index (κ3) is 4.38. The highest BCUT2D eigenvalue weighted by Crippen LogP contribution is 2.59. The summed E-state index contributed by atoms with van der Waals surface area (Å²) in [6.07, 6.45) is -1.76. The Morgan fingerprint density at radius 2 is 2.12 bits per heavy atom. The van der Waals surface area contributed by atoms with E-state index in [2.05, 4.69) is 31.7 Å². The minimum Gasteiger partial charge on any atom is -0.406 e. The van der Waals surface area contributed by atoms with Gasteiger partial charge in [-0.15, -0.1) is 23.4 Å². The molecule has 1 saturated carbocycles. The molecule has 1 aliphatic heterocycles. The van der Waals surface area contributed by atoms with Crippen LogP contribution in [0.1, 0.15) is 24.5 Å². The van der Waals surface area contributed by atoms with Gasteiger partial charge in [-0.1, -0.05) is 30.8 Å². The lowest BCUT2D eigenvalue weighted by molar-refractivity contribution is -0.274. The van der Waals surface area contributed by atoms with Gasteiger partial charge in [0.1, 0.15) is 5.75 Å². The molecule has 5 rings (SSSR count). The Kier molecular flexibility index (Phi) is 5.48. The zero-order valence-electron chi connectivity index (χ0n) is 18.7. The number of likely N-dealkylation sites (tertiary alicyclic amines) is 1. The zero-order chi connectivity index (χ0) is 23.4. The molecular formula is C23H26F3N5OS. The fraction of sp³-hybridized carbons (Fsp3) is 0.478. The number of aryl methyl sites for hydroxylation is 1. The average Bonchev–Trinajstić information content (AvgIpc) is 3.01. The van der Waals surface area contributed by atoms with E-state index in [1.54, 1.807) is 23.9 Å². The highest BCUT2D eigenvalue weighted by molar-refractivity contribution is 7.99. The molecule has 2 aliphatic rings. The molecule has 3 heterocycles. The molecule has 0 bridgehead atoms. The van der Waals surface area contributed by atoms with Gasteiger partial charge in [0.05, 0.1) is 5.69 Å². The normalized spacial score (nSPS) is 23.5. The number of thioether (sulfide) groups is 1. The van der Waals surface area contributed by atoms with Crippen LogP contribution in [0.2, 0.25) is 0 Å². The van der Waals surface area contributed by atoms with Crippen LogP contribution in [0.5, 0.6) is 5.75 Å². The van der Waals surface area contributed by atoms with Crippen LogP contribution in [0.25, 0.3) is 11.5 Å². The van der Waals surface area contributed by atoms with E-state index in [1.165, 1.54) is 6.07 Å². The fourth-order valence-electron chi connectivity index (χ4n) is 5.08. The molecule has 1 N–H and O–H groups in total. The van der Waals surface area contributed by atoms with E-state index in [-0.39, 0.29) is 11.2 Å². The largest absolute Gasteiger partial charge is 0.573 e. The summed E-state index contributed by atoms with van der Waals surface area (Å²) < 4.78 is 44.0. The molecule has 3 aromatic rings. The quantitative estimate of drug-likeness (QED) is 0.497. The van der Waals surface area contributed by atoms with Crippen LogP contribution in [-0.4, -0.2) is 55.9 Å². The molecule has 3 atom stereocenters. The van der Waals surface area contributed by atoms with Crippen molar-refractivity contribution in [2.45, 2.75) is 42.5 Å². The van der Waals surface area contributed by atoms with E-state index in [1.807, 2.05) is 36.9 Å². The lowest BCUT2D eigenvalue weighted by Crippen LogP contribution is -2.32. The topological polar surface area (TPSA) is 59.0 Å². The lowest BCUT2D eigenvalue weighted by Gasteiger charge is -2.24. The second-order valence-electron chi connectivity index (χ2n) is 9.16. The van der Waals surface area contributed by atoms with E-state index >= 15 is 0 Å². The minimum absolute atomic E-state index is 0.0571. The molecule has 1 saturated heterocycles. The van der Waals surface area contributed by atoms with Crippen molar-refractivity contribution in [2.24, 2.45) is 13.0 Å². The first-order valence-electron chi connectivity index (χ1n) is 10.9. The smallest absolute Gasteiger partial charge is 0.406 e. The summed E-state index contributed by atoms with van der Waals surface area (Å²) in [4.78, 5) is 5.63. The number of rotatable bonds is 7. The van der Waals surface area contributed by atoms with E-state index in [4.69, 9.17) is 0 Å². The highest BCUT2D eigenvalue weighted by Gasteiger charge is 2.60. The minimum atomic E-state index is -4.67. The van der Waals surface area contributed by atoms with E-state index in [9.17, 15) is 13.2 Å². The van der Waals surface area contributed by atoms with Gasteiger partial charge >= 0.3 is 6.36 Å². The van der Waals surface area contributed by atoms with Gasteiger partial charge in [0.25, 0.3) is 0 Å². The summed E-state index contributed by atoms with van der Waals surface area (Å²) >= 11 is 1.69. The third-order valence-electron chi connectivity index (χ3n) is 6.69. The van der Waals surface area contributed by atoms with Gasteiger partial charge in [0, 0.05) is 43.5 Å². The maximum Gasteiger partial charge on any atom is 0.573 e. The first kappa shape index (κ1) is 22.3. The molecule has 10 heteroatoms. The predicted molar refractivity (Wildman–Crippen MR) is 120 cm³/mol. The Balaban J connectivity index is 1.22. The lowest BCUT2D eigenvalue weighted by atomic mass is 9.95. The van der Waals surface area contributed by atoms with E-state index < -0.39 is 6.36 Å². The fourth-order valence-corrected chi connectivity index (χ4v) is 6.06. The Morgan fingerprint density at radius 1 is 1.30 bits per heavy atom. The molecule has 1 aromatic carbocycles. The number of hydrogen-bond acceptors (Lipinski definition) is 5. The number of nitrogens with zero attached hydrogens (tertiary/aromatic N) is 4. The Labute approximate surface area is 194 Å². The summed E-state index contributed by atoms with van der Waals surface area (Å²) in [6.45, 7) is 6.90. The molecule has 3 unspecified atom stereocenters. The van der Waals surface area contributed by atoms with Gasteiger partial charge in [0.2, 0.25) is 0 Å². The summed E-state index contributed by atoms with van der Waals surface area (Å²) in [5, 5.41) is 9.90. The van der Waals surface area contributed by atoms with Crippen molar-refractivity contribution >= 4 is 11.8 Å². The molecule has 176 valence electrons. The van der Waals surface area contributed by atoms with E-state index in [0.717, 1.165) is 53.9 Å². The van der Waals surface area contributed by atoms with Crippen molar-refractivity contribution in [3.63, 3.8) is 0 Å². The van der Waals surface area contributed by atoms with Crippen molar-refractivity contribution in [3.8, 4) is 17.3 Å². The van der Waals surface area contributed by atoms with Crippen molar-refractivity contribution in [1.29, 1.82) is 0 Å². The molecule has 2 aromatic heterocycles. The number of alkyl halides is 3. The summed E-state index contributed by atoms with van der Waals surface area (Å²) in [6, 6.07) is 8.51. The van der Waals surface area contributed by atoms with Crippen LogP contribution in [-0.2, 0) is 12.5 Å². The molecule has 33 heavy (non-hydrogen) atoms. The monoisotopic (exact) mass is 477 g/mol. The predicted octanol–water partition coefficient (Wildman–Crippen LogP) is 4.77. The number of aromatic amines is 1. The second-order valence-corrected chi connectivity index (χ2v) is 10.6. The molecule has 0 radical (unpaired) electrons. The van der Waals surface area contributed by atoms with Crippen molar-refractivity contribution in [3.05, 3.63) is 47.7 Å². The van der Waals surface area contributed by atoms with Crippen molar-refractivity contribution in [1.82, 2.24) is 24.6 Å². The van der Waals surface area contributed by atoms with Crippen LogP contribution >= 0.6 is 11.8 Å². The Morgan fingerprint density at radius 3 is 2.85 bits per heavy atom. The van der Waals surface area contributed by atoms with Gasteiger partial charge in [-0.25, -0.2) is 0 Å². The molecule has 6 nitrogen and oxygen atoms in total. The average molecular weight is 478 g/mol. The van der Waals surface area contributed by atoms with Gasteiger partial charge in [-0.2, -0.15) is 0 Å². The van der Waals surface area contributed by atoms with Crippen LogP contribution in [0.15, 0.2) is 41.7 Å². The van der Waals surface area contributed by atoms with Crippen molar-refractivity contribution in [2.75, 3.05) is 19.6 Å². The molecule has 1 aliphatic carbocycles. The molecular weight excluding hydrogens is 451 g/mol. The highest BCUT2D eigenvalue weighted by atomic mass is 32.2. The van der Waals surface area contributed by atoms with Crippen molar-refractivity contribution < 1.29 is 17.9 Å². The number of aromatic nitrogens is 4. The number of halogens is 3. The SMILES string of the molecule is Cc1cc[nH]c1-c1nnc(SC(C)CN2CC3CC3(c3cccc(OC(F)(F)F)c3)C2)n1C. The number of benzene rings is 1. The van der Waals surface area contributed by atoms with Gasteiger partial charge in [0.15, 0.2) is 11.0 Å². The molecule has 0 amide bonds. The Bertz CT molecular complexity index is 1160. The van der Waals surface area contributed by atoms with Crippen LogP contribution in [0.3, 0.4) is 0 Å². The second kappa shape index (κ2) is 8.09. The summed E-state index contributed by atoms with van der Waals surface area (Å²) in [5.74, 6) is 1.15. The first-order valence-corrected chi connectivity index (χ1v) is 11.8. The number of fused-ring (bicyclic) bond motifs is 1. The van der Waals surface area contributed by atoms with Crippen LogP contribution in [0, 0.1) is 12.8 Å². The van der Waals surface area contributed by atoms with Gasteiger partial charge < -0.3 is 19.2 Å². The van der Waals surface area contributed by atoms with Crippen LogP contribution in [0.4, 0.5) is 13.2 Å². The maximum atomic E-state index is 12.6. The van der Waals surface area contributed by atoms with E-state index in [0.29, 0.717) is 11.2 Å². The molecule has 0 spiro atoms. The first-order chi connectivity index (χ1) is 15.6. The summed E-state index contributed by atoms with van der Waals surface area (Å²) in [5.41, 5.74) is 2.99. The number of hydrogen-bond donors (Lipinski definition) is 1. The number of ether oxygens (including phenoxy) is 1. The van der Waals surface area contributed by atoms with Gasteiger partial charge in [-0.05, 0) is 48.6 Å². The standard InChI is InChI=1S/C23H26F3N5OS/c1-14-7-8-27-19(14)20-28-29-21(30(20)3)33-15(2)11-31-12-17-10-22(17,13-31)16-5-4-6-18(9-16)32-23(24,25)26/h4-9,15,17,27H,10-13H2,1-3H3. The van der Waals surface area contributed by atoms with Crippen LogP contribution < -0.4 is 4.74 Å². The number of nitrogens with one attached hydrogen (secondary N) is 1. The third-order valence-corrected chi connectivity index (χ3v) is 7.81. The molecule has 2 fully saturated rings. The maximum absolute atomic E-state index is 12.6. The summed E-state index contributed by atoms with van der Waals surface area (Å²) in [7, 11) is 1.97. The number of piperidine rings is 1. The number of H-pyrrole nitrogens is 1. The van der Waals surface area contributed by atoms with Gasteiger partial charge in [-0.3, -0.25) is 0 Å². The Hall–Kier alpha value is -2.46. The zero-order valence-corrected chi connectivity index (χ0v) is 19.5.